The van der Waals surface area contributed by atoms with Gasteiger partial charge >= 0.3 is 0 Å². The Morgan fingerprint density at radius 2 is 2.44 bits per heavy atom. The number of carbonyl (C=O) groups excluding carboxylic acids is 1. The van der Waals surface area contributed by atoms with Crippen LogP contribution in [0.5, 0.6) is 0 Å². The Morgan fingerprint density at radius 3 is 3.06 bits per heavy atom. The molecule has 1 aliphatic heterocycles. The highest BCUT2D eigenvalue weighted by Crippen LogP contribution is 2.29. The summed E-state index contributed by atoms with van der Waals surface area (Å²) in [7, 11) is 0. The van der Waals surface area contributed by atoms with Crippen LogP contribution in [0, 0.1) is 6.92 Å². The Morgan fingerprint density at radius 1 is 1.62 bits per heavy atom. The summed E-state index contributed by atoms with van der Waals surface area (Å²) < 4.78 is 4.95. The van der Waals surface area contributed by atoms with Crippen molar-refractivity contribution in [2.75, 3.05) is 6.54 Å². The van der Waals surface area contributed by atoms with Crippen LogP contribution in [0.2, 0.25) is 0 Å². The number of likely N-dealkylation sites (tertiary alicyclic amines) is 1. The number of nitrogens with zero attached hydrogens (tertiary/aromatic N) is 3. The van der Waals surface area contributed by atoms with Crippen LogP contribution >= 0.6 is 0 Å². The first kappa shape index (κ1) is 10.9. The lowest BCUT2D eigenvalue weighted by Gasteiger charge is -2.32. The molecule has 86 valence electrons. The minimum atomic E-state index is -0.0628. The lowest BCUT2D eigenvalue weighted by atomic mass is 10.0. The highest BCUT2D eigenvalue weighted by molar-refractivity contribution is 5.87. The summed E-state index contributed by atoms with van der Waals surface area (Å²) in [5, 5.41) is 3.89. The molecule has 5 nitrogen and oxygen atoms in total. The third-order valence-corrected chi connectivity index (χ3v) is 2.80. The molecule has 1 saturated heterocycles. The first-order valence-electron chi connectivity index (χ1n) is 5.45. The van der Waals surface area contributed by atoms with Crippen molar-refractivity contribution in [2.45, 2.75) is 32.2 Å². The van der Waals surface area contributed by atoms with E-state index in [0.717, 1.165) is 25.8 Å². The highest BCUT2D eigenvalue weighted by Gasteiger charge is 2.29. The molecule has 1 fully saturated rings. The molecule has 1 aromatic heterocycles. The van der Waals surface area contributed by atoms with Crippen molar-refractivity contribution in [3.63, 3.8) is 0 Å². The Labute approximate surface area is 94.1 Å². The van der Waals surface area contributed by atoms with Crippen molar-refractivity contribution < 1.29 is 9.32 Å². The lowest BCUT2D eigenvalue weighted by Crippen LogP contribution is -2.37. The number of carbonyl (C=O) groups is 1. The molecule has 2 heterocycles. The second-order valence-corrected chi connectivity index (χ2v) is 3.92. The molecular weight excluding hydrogens is 206 g/mol. The third-order valence-electron chi connectivity index (χ3n) is 2.80. The third kappa shape index (κ3) is 1.98. The predicted octanol–water partition coefficient (Wildman–Crippen LogP) is 1.62. The van der Waals surface area contributed by atoms with Crippen LogP contribution in [0.4, 0.5) is 0 Å². The van der Waals surface area contributed by atoms with Crippen LogP contribution < -0.4 is 0 Å². The van der Waals surface area contributed by atoms with E-state index < -0.39 is 0 Å². The minimum absolute atomic E-state index is 0.0586. The standard InChI is InChI=1S/C11H15N3O2/c1-3-10(15)14-7-5-4-6-9(14)11-12-8(2)16-13-11/h3,9H,1,4-7H2,2H3. The first-order chi connectivity index (χ1) is 7.72. The largest absolute Gasteiger partial charge is 0.340 e. The maximum absolute atomic E-state index is 11.7. The van der Waals surface area contributed by atoms with Gasteiger partial charge in [0.1, 0.15) is 0 Å². The Bertz CT molecular complexity index is 400. The monoisotopic (exact) mass is 221 g/mol. The van der Waals surface area contributed by atoms with Crippen LogP contribution in [0.1, 0.15) is 37.0 Å². The number of hydrogen-bond donors (Lipinski definition) is 0. The number of aromatic nitrogens is 2. The Hall–Kier alpha value is -1.65. The summed E-state index contributed by atoms with van der Waals surface area (Å²) in [5.74, 6) is 1.08. The molecule has 0 aliphatic carbocycles. The smallest absolute Gasteiger partial charge is 0.246 e. The fraction of sp³-hybridized carbons (Fsp3) is 0.545. The van der Waals surface area contributed by atoms with E-state index in [1.807, 2.05) is 0 Å². The fourth-order valence-electron chi connectivity index (χ4n) is 2.03. The molecule has 0 aromatic carbocycles. The molecule has 1 unspecified atom stereocenters. The molecule has 1 amide bonds. The topological polar surface area (TPSA) is 59.2 Å². The molecule has 0 N–H and O–H groups in total. The molecule has 0 spiro atoms. The van der Waals surface area contributed by atoms with Crippen LogP contribution in [-0.2, 0) is 4.79 Å². The molecular formula is C11H15N3O2. The SMILES string of the molecule is C=CC(=O)N1CCCCC1c1noc(C)n1. The predicted molar refractivity (Wildman–Crippen MR) is 57.5 cm³/mol. The van der Waals surface area contributed by atoms with Crippen LogP contribution in [0.3, 0.4) is 0 Å². The van der Waals surface area contributed by atoms with Gasteiger partial charge in [-0.1, -0.05) is 11.7 Å². The van der Waals surface area contributed by atoms with Crippen molar-refractivity contribution in [1.82, 2.24) is 15.0 Å². The van der Waals surface area contributed by atoms with Gasteiger partial charge in [-0.2, -0.15) is 4.98 Å². The van der Waals surface area contributed by atoms with Crippen molar-refractivity contribution in [3.8, 4) is 0 Å². The van der Waals surface area contributed by atoms with Crippen molar-refractivity contribution in [2.24, 2.45) is 0 Å². The summed E-state index contributed by atoms with van der Waals surface area (Å²) in [4.78, 5) is 17.6. The van der Waals surface area contributed by atoms with E-state index in [-0.39, 0.29) is 11.9 Å². The summed E-state index contributed by atoms with van der Waals surface area (Å²) >= 11 is 0. The average Bonchev–Trinajstić information content (AvgIpc) is 2.75. The van der Waals surface area contributed by atoms with Gasteiger partial charge in [0.25, 0.3) is 0 Å². The summed E-state index contributed by atoms with van der Waals surface area (Å²) in [6, 6.07) is -0.0586. The normalized spacial score (nSPS) is 20.8. The zero-order valence-corrected chi connectivity index (χ0v) is 9.35. The molecule has 16 heavy (non-hydrogen) atoms. The zero-order valence-electron chi connectivity index (χ0n) is 9.35. The van der Waals surface area contributed by atoms with Gasteiger partial charge in [0.05, 0.1) is 6.04 Å². The zero-order chi connectivity index (χ0) is 11.5. The van der Waals surface area contributed by atoms with Crippen molar-refractivity contribution >= 4 is 5.91 Å². The van der Waals surface area contributed by atoms with Gasteiger partial charge in [-0.3, -0.25) is 4.79 Å². The number of aryl methyl sites for hydroxylation is 1. The molecule has 0 bridgehead atoms. The molecule has 1 aliphatic rings. The molecule has 1 aromatic rings. The van der Waals surface area contributed by atoms with Gasteiger partial charge in [-0.15, -0.1) is 0 Å². The van der Waals surface area contributed by atoms with E-state index in [1.165, 1.54) is 6.08 Å². The van der Waals surface area contributed by atoms with Gasteiger partial charge in [-0.25, -0.2) is 0 Å². The number of amides is 1. The van der Waals surface area contributed by atoms with Crippen LogP contribution in [0.25, 0.3) is 0 Å². The molecule has 2 rings (SSSR count). The summed E-state index contributed by atoms with van der Waals surface area (Å²) in [6.07, 6.45) is 4.33. The van der Waals surface area contributed by atoms with Gasteiger partial charge < -0.3 is 9.42 Å². The molecule has 1 atom stereocenters. The second-order valence-electron chi connectivity index (χ2n) is 3.92. The quantitative estimate of drug-likeness (QED) is 0.712. The Balaban J connectivity index is 2.22. The Kier molecular flexibility index (Phi) is 3.03. The lowest BCUT2D eigenvalue weighted by molar-refractivity contribution is -0.129. The van der Waals surface area contributed by atoms with Crippen LogP contribution in [0.15, 0.2) is 17.2 Å². The second kappa shape index (κ2) is 4.47. The molecule has 0 radical (unpaired) electrons. The molecule has 5 heteroatoms. The van der Waals surface area contributed by atoms with E-state index in [1.54, 1.807) is 11.8 Å². The van der Waals surface area contributed by atoms with E-state index in [2.05, 4.69) is 16.7 Å². The first-order valence-corrected chi connectivity index (χ1v) is 5.45. The summed E-state index contributed by atoms with van der Waals surface area (Å²) in [6.45, 7) is 6.00. The van der Waals surface area contributed by atoms with Gasteiger partial charge in [0, 0.05) is 13.5 Å². The average molecular weight is 221 g/mol. The van der Waals surface area contributed by atoms with Crippen molar-refractivity contribution in [3.05, 3.63) is 24.4 Å². The minimum Gasteiger partial charge on any atom is -0.340 e. The number of piperidine rings is 1. The van der Waals surface area contributed by atoms with Crippen LogP contribution in [-0.4, -0.2) is 27.5 Å². The van der Waals surface area contributed by atoms with Gasteiger partial charge in [-0.05, 0) is 25.3 Å². The van der Waals surface area contributed by atoms with Gasteiger partial charge in [0.15, 0.2) is 5.82 Å². The van der Waals surface area contributed by atoms with Gasteiger partial charge in [0.2, 0.25) is 11.8 Å². The molecule has 0 saturated carbocycles. The fourth-order valence-corrected chi connectivity index (χ4v) is 2.03. The highest BCUT2D eigenvalue weighted by atomic mass is 16.5. The van der Waals surface area contributed by atoms with Crippen molar-refractivity contribution in [1.29, 1.82) is 0 Å². The number of rotatable bonds is 2. The van der Waals surface area contributed by atoms with E-state index in [9.17, 15) is 4.79 Å². The van der Waals surface area contributed by atoms with E-state index >= 15 is 0 Å². The van der Waals surface area contributed by atoms with E-state index in [0.29, 0.717) is 11.7 Å². The maximum Gasteiger partial charge on any atom is 0.246 e. The van der Waals surface area contributed by atoms with E-state index in [4.69, 9.17) is 4.52 Å². The summed E-state index contributed by atoms with van der Waals surface area (Å²) in [5.41, 5.74) is 0. The maximum atomic E-state index is 11.7. The number of hydrogen-bond acceptors (Lipinski definition) is 4.